The summed E-state index contributed by atoms with van der Waals surface area (Å²) < 4.78 is 34.4. The van der Waals surface area contributed by atoms with Crippen LogP contribution < -0.4 is 0 Å². The molecule has 0 saturated carbocycles. The first-order valence-electron chi connectivity index (χ1n) is 7.55. The first kappa shape index (κ1) is 18.8. The number of aromatic hydroxyl groups is 1. The topological polar surface area (TPSA) is 112 Å². The Labute approximate surface area is 158 Å². The first-order valence-corrected chi connectivity index (χ1v) is 10.8. The summed E-state index contributed by atoms with van der Waals surface area (Å²) in [6, 6.07) is 7.47. The third kappa shape index (κ3) is 3.73. The van der Waals surface area contributed by atoms with E-state index in [0.29, 0.717) is 10.5 Å². The van der Waals surface area contributed by atoms with Gasteiger partial charge in [0.2, 0.25) is 5.13 Å². The van der Waals surface area contributed by atoms with Crippen LogP contribution in [0.2, 0.25) is 0 Å². The lowest BCUT2D eigenvalue weighted by Crippen LogP contribution is -2.00. The van der Waals surface area contributed by atoms with Gasteiger partial charge >= 0.3 is 0 Å². The maximum atomic E-state index is 11.9. The zero-order chi connectivity index (χ0) is 18.9. The van der Waals surface area contributed by atoms with Gasteiger partial charge in [-0.15, -0.1) is 22.0 Å². The molecule has 0 unspecified atom stereocenters. The first-order chi connectivity index (χ1) is 12.3. The minimum atomic E-state index is -4.58. The molecular formula is C16H15N3O4S3. The molecule has 1 aromatic heterocycles. The number of aromatic nitrogens is 1. The molecule has 3 aromatic rings. The number of fused-ring (bicyclic) bond motifs is 1. The Hall–Kier alpha value is -2.01. The minimum Gasteiger partial charge on any atom is -0.507 e. The monoisotopic (exact) mass is 409 g/mol. The molecule has 7 nitrogen and oxygen atoms in total. The number of hydrogen-bond acceptors (Lipinski definition) is 8. The molecule has 2 N–H and O–H groups in total. The maximum absolute atomic E-state index is 11.9. The quantitative estimate of drug-likeness (QED) is 0.345. The molecular weight excluding hydrogens is 394 g/mol. The van der Waals surface area contributed by atoms with Crippen LogP contribution in [0.15, 0.2) is 49.7 Å². The van der Waals surface area contributed by atoms with E-state index in [9.17, 15) is 18.1 Å². The van der Waals surface area contributed by atoms with Gasteiger partial charge in [0.25, 0.3) is 10.1 Å². The summed E-state index contributed by atoms with van der Waals surface area (Å²) in [7, 11) is -4.58. The number of hydrogen-bond donors (Lipinski definition) is 2. The van der Waals surface area contributed by atoms with Crippen molar-refractivity contribution >= 4 is 54.8 Å². The lowest BCUT2D eigenvalue weighted by molar-refractivity contribution is 0.479. The van der Waals surface area contributed by atoms with Crippen molar-refractivity contribution in [3.63, 3.8) is 0 Å². The second-order valence-corrected chi connectivity index (χ2v) is 9.14. The minimum absolute atomic E-state index is 0.152. The summed E-state index contributed by atoms with van der Waals surface area (Å²) in [5, 5.41) is 18.9. The van der Waals surface area contributed by atoms with Gasteiger partial charge in [0, 0.05) is 16.8 Å². The molecule has 1 heterocycles. The lowest BCUT2D eigenvalue weighted by Gasteiger charge is -2.08. The van der Waals surface area contributed by atoms with Crippen molar-refractivity contribution in [3.8, 4) is 5.75 Å². The van der Waals surface area contributed by atoms with Gasteiger partial charge in [0.15, 0.2) is 0 Å². The number of thioether (sulfide) groups is 1. The van der Waals surface area contributed by atoms with E-state index in [4.69, 9.17) is 0 Å². The second kappa shape index (κ2) is 7.31. The number of aryl methyl sites for hydroxylation is 1. The molecule has 0 aliphatic heterocycles. The molecule has 0 atom stereocenters. The highest BCUT2D eigenvalue weighted by molar-refractivity contribution is 8.01. The summed E-state index contributed by atoms with van der Waals surface area (Å²) in [6.45, 7) is 3.89. The van der Waals surface area contributed by atoms with Crippen molar-refractivity contribution < 1.29 is 18.1 Å². The van der Waals surface area contributed by atoms with Crippen LogP contribution in [0, 0.1) is 6.92 Å². The fourth-order valence-electron chi connectivity index (χ4n) is 2.43. The Kier molecular flexibility index (Phi) is 5.28. The fourth-order valence-corrected chi connectivity index (χ4v) is 5.21. The molecule has 0 amide bonds. The van der Waals surface area contributed by atoms with Crippen LogP contribution in [-0.2, 0) is 10.1 Å². The average Bonchev–Trinajstić information content (AvgIpc) is 2.92. The van der Waals surface area contributed by atoms with E-state index in [1.165, 1.54) is 17.4 Å². The summed E-state index contributed by atoms with van der Waals surface area (Å²) in [4.78, 5) is 3.89. The summed E-state index contributed by atoms with van der Waals surface area (Å²) in [6.07, 6.45) is 0. The van der Waals surface area contributed by atoms with Gasteiger partial charge in [-0.2, -0.15) is 8.42 Å². The summed E-state index contributed by atoms with van der Waals surface area (Å²) in [5.74, 6) is 0.741. The molecule has 3 rings (SSSR count). The van der Waals surface area contributed by atoms with Crippen molar-refractivity contribution in [1.29, 1.82) is 0 Å². The van der Waals surface area contributed by atoms with E-state index in [1.807, 2.05) is 13.8 Å². The zero-order valence-electron chi connectivity index (χ0n) is 13.9. The van der Waals surface area contributed by atoms with Crippen molar-refractivity contribution in [3.05, 3.63) is 36.0 Å². The molecule has 2 aromatic carbocycles. The molecule has 136 valence electrons. The zero-order valence-corrected chi connectivity index (χ0v) is 16.3. The van der Waals surface area contributed by atoms with E-state index in [2.05, 4.69) is 15.2 Å². The molecule has 0 bridgehead atoms. The second-order valence-electron chi connectivity index (χ2n) is 5.27. The number of thiazole rings is 1. The molecule has 0 saturated heterocycles. The highest BCUT2D eigenvalue weighted by Crippen LogP contribution is 2.40. The number of azo groups is 1. The highest BCUT2D eigenvalue weighted by Gasteiger charge is 2.22. The van der Waals surface area contributed by atoms with Crippen LogP contribution in [0.5, 0.6) is 5.75 Å². The molecule has 0 radical (unpaired) electrons. The van der Waals surface area contributed by atoms with Gasteiger partial charge < -0.3 is 5.11 Å². The number of phenols is 1. The average molecular weight is 410 g/mol. The van der Waals surface area contributed by atoms with Crippen LogP contribution >= 0.6 is 23.1 Å². The molecule has 10 heteroatoms. The van der Waals surface area contributed by atoms with Crippen LogP contribution in [0.1, 0.15) is 12.6 Å². The number of phenolic OH excluding ortho intramolecular Hbond substituents is 1. The lowest BCUT2D eigenvalue weighted by atomic mass is 10.1. The predicted molar refractivity (Wildman–Crippen MR) is 103 cm³/mol. The molecule has 0 spiro atoms. The summed E-state index contributed by atoms with van der Waals surface area (Å²) >= 11 is 2.98. The number of rotatable bonds is 5. The SMILES string of the molecule is CCSc1sc(/N=N/c2cc(O)c3ccccc3c2S(=O)(=O)O)nc1C. The molecule has 0 aliphatic rings. The molecule has 0 aliphatic carbocycles. The summed E-state index contributed by atoms with van der Waals surface area (Å²) in [5.41, 5.74) is 0.674. The van der Waals surface area contributed by atoms with Gasteiger partial charge in [-0.05, 0) is 12.7 Å². The van der Waals surface area contributed by atoms with E-state index in [1.54, 1.807) is 30.0 Å². The third-order valence-electron chi connectivity index (χ3n) is 3.47. The van der Waals surface area contributed by atoms with Gasteiger partial charge in [-0.25, -0.2) is 4.98 Å². The number of nitrogens with zero attached hydrogens (tertiary/aromatic N) is 3. The van der Waals surface area contributed by atoms with Crippen molar-refractivity contribution in [2.45, 2.75) is 23.0 Å². The fraction of sp³-hybridized carbons (Fsp3) is 0.188. The Morgan fingerprint density at radius 2 is 1.92 bits per heavy atom. The standard InChI is InChI=1S/C16H15N3O4S3/c1-3-24-15-9(2)17-16(25-15)19-18-12-8-13(20)10-6-4-5-7-11(10)14(12)26(21,22)23/h4-8,20H,3H2,1-2H3,(H,21,22,23)/b19-18+. The van der Waals surface area contributed by atoms with E-state index in [0.717, 1.165) is 21.7 Å². The predicted octanol–water partition coefficient (Wildman–Crippen LogP) is 5.08. The van der Waals surface area contributed by atoms with Crippen molar-refractivity contribution in [1.82, 2.24) is 4.98 Å². The van der Waals surface area contributed by atoms with E-state index in [-0.39, 0.29) is 16.8 Å². The van der Waals surface area contributed by atoms with Crippen LogP contribution in [-0.4, -0.2) is 28.8 Å². The van der Waals surface area contributed by atoms with E-state index < -0.39 is 15.0 Å². The van der Waals surface area contributed by atoms with Crippen LogP contribution in [0.4, 0.5) is 10.8 Å². The Morgan fingerprint density at radius 1 is 1.23 bits per heavy atom. The largest absolute Gasteiger partial charge is 0.507 e. The van der Waals surface area contributed by atoms with Gasteiger partial charge in [-0.1, -0.05) is 42.5 Å². The molecule has 26 heavy (non-hydrogen) atoms. The Bertz CT molecular complexity index is 1110. The maximum Gasteiger partial charge on any atom is 0.297 e. The number of benzene rings is 2. The van der Waals surface area contributed by atoms with Crippen molar-refractivity contribution in [2.24, 2.45) is 10.2 Å². The Morgan fingerprint density at radius 3 is 2.58 bits per heavy atom. The smallest absolute Gasteiger partial charge is 0.297 e. The van der Waals surface area contributed by atoms with Gasteiger partial charge in [0.1, 0.15) is 16.3 Å². The van der Waals surface area contributed by atoms with Gasteiger partial charge in [-0.3, -0.25) is 4.55 Å². The van der Waals surface area contributed by atoms with E-state index >= 15 is 0 Å². The Balaban J connectivity index is 2.14. The van der Waals surface area contributed by atoms with Gasteiger partial charge in [0.05, 0.1) is 9.90 Å². The van der Waals surface area contributed by atoms with Crippen molar-refractivity contribution in [2.75, 3.05) is 5.75 Å². The molecule has 0 fully saturated rings. The normalized spacial score (nSPS) is 12.3. The highest BCUT2D eigenvalue weighted by atomic mass is 32.2. The van der Waals surface area contributed by atoms with Crippen LogP contribution in [0.3, 0.4) is 0 Å². The van der Waals surface area contributed by atoms with Crippen LogP contribution in [0.25, 0.3) is 10.8 Å². The third-order valence-corrected chi connectivity index (χ3v) is 6.70.